The van der Waals surface area contributed by atoms with E-state index in [-0.39, 0.29) is 35.7 Å². The molecule has 0 radical (unpaired) electrons. The fourth-order valence-corrected chi connectivity index (χ4v) is 8.92. The van der Waals surface area contributed by atoms with E-state index < -0.39 is 50.9 Å². The summed E-state index contributed by atoms with van der Waals surface area (Å²) in [4.78, 5) is 72.9. The van der Waals surface area contributed by atoms with E-state index in [4.69, 9.17) is 4.74 Å². The number of imide groups is 1. The molecule has 330 valence electrons. The number of halogens is 2. The number of nitrogens with one attached hydrogen (secondary N) is 3. The number of rotatable bonds is 13. The van der Waals surface area contributed by atoms with Gasteiger partial charge in [0.1, 0.15) is 17.2 Å². The number of aromatic amines is 1. The molecular formula is C43H46F2N10O7S. The van der Waals surface area contributed by atoms with Crippen molar-refractivity contribution in [1.29, 1.82) is 0 Å². The largest absolute Gasteiger partial charge is 0.481 e. The monoisotopic (exact) mass is 884 g/mol. The van der Waals surface area contributed by atoms with Crippen LogP contribution in [0.25, 0.3) is 22.2 Å². The summed E-state index contributed by atoms with van der Waals surface area (Å²) in [5.74, 6) is -2.70. The van der Waals surface area contributed by atoms with E-state index in [1.807, 2.05) is 34.1 Å². The van der Waals surface area contributed by atoms with Crippen LogP contribution in [-0.4, -0.2) is 131 Å². The van der Waals surface area contributed by atoms with Gasteiger partial charge in [-0.25, -0.2) is 23.7 Å². The Hall–Kier alpha value is -6.38. The molecule has 3 aliphatic rings. The number of anilines is 2. The molecule has 0 saturated carbocycles. The second-order valence-electron chi connectivity index (χ2n) is 15.8. The van der Waals surface area contributed by atoms with Crippen molar-refractivity contribution >= 4 is 56.4 Å². The first-order valence-electron chi connectivity index (χ1n) is 20.7. The molecule has 3 aliphatic heterocycles. The van der Waals surface area contributed by atoms with Crippen molar-refractivity contribution < 1.29 is 41.1 Å². The zero-order chi connectivity index (χ0) is 44.4. The van der Waals surface area contributed by atoms with Gasteiger partial charge in [0, 0.05) is 99.5 Å². The van der Waals surface area contributed by atoms with Gasteiger partial charge >= 0.3 is 10.2 Å². The molecule has 2 aromatic carbocycles. The predicted molar refractivity (Wildman–Crippen MR) is 228 cm³/mol. The minimum atomic E-state index is -4.15. The lowest BCUT2D eigenvalue weighted by Gasteiger charge is -2.37. The molecule has 0 aliphatic carbocycles. The Labute approximate surface area is 362 Å². The van der Waals surface area contributed by atoms with Crippen LogP contribution in [-0.2, 0) is 24.6 Å². The first-order valence-corrected chi connectivity index (χ1v) is 22.1. The van der Waals surface area contributed by atoms with Crippen molar-refractivity contribution in [3.05, 3.63) is 95.6 Å². The van der Waals surface area contributed by atoms with Gasteiger partial charge in [0.05, 0.1) is 17.8 Å². The summed E-state index contributed by atoms with van der Waals surface area (Å²) in [5, 5.41) is 2.59. The van der Waals surface area contributed by atoms with Crippen molar-refractivity contribution in [3.8, 4) is 16.9 Å². The highest BCUT2D eigenvalue weighted by molar-refractivity contribution is 7.90. The molecule has 1 unspecified atom stereocenters. The van der Waals surface area contributed by atoms with E-state index in [2.05, 4.69) is 34.9 Å². The summed E-state index contributed by atoms with van der Waals surface area (Å²) in [6.45, 7) is 5.75. The van der Waals surface area contributed by atoms with Crippen LogP contribution in [0.2, 0.25) is 0 Å². The Morgan fingerprint density at radius 2 is 1.62 bits per heavy atom. The quantitative estimate of drug-likeness (QED) is 0.114. The van der Waals surface area contributed by atoms with E-state index >= 15 is 8.78 Å². The minimum Gasteiger partial charge on any atom is -0.481 e. The van der Waals surface area contributed by atoms with Crippen LogP contribution < -0.4 is 19.7 Å². The molecule has 17 nitrogen and oxygen atoms in total. The number of carbonyl (C=O) groups excluding carboxylic acids is 4. The number of nitrogens with zero attached hydrogens (tertiary/aromatic N) is 7. The fourth-order valence-electron chi connectivity index (χ4n) is 7.98. The first kappa shape index (κ1) is 43.3. The number of piperazine rings is 1. The molecule has 3 fully saturated rings. The molecule has 0 bridgehead atoms. The highest BCUT2D eigenvalue weighted by Gasteiger charge is 2.31. The number of hydrogen-bond donors (Lipinski definition) is 3. The van der Waals surface area contributed by atoms with Crippen molar-refractivity contribution in [3.63, 3.8) is 0 Å². The second-order valence-corrected chi connectivity index (χ2v) is 17.6. The van der Waals surface area contributed by atoms with E-state index in [1.54, 1.807) is 31.6 Å². The van der Waals surface area contributed by atoms with Crippen LogP contribution in [0.5, 0.6) is 5.75 Å². The number of ether oxygens (including phenoxy) is 1. The Morgan fingerprint density at radius 3 is 2.30 bits per heavy atom. The number of amides is 3. The predicted octanol–water partition coefficient (Wildman–Crippen LogP) is 3.85. The van der Waals surface area contributed by atoms with Crippen molar-refractivity contribution in [2.45, 2.75) is 44.6 Å². The molecule has 3 aromatic heterocycles. The smallest absolute Gasteiger partial charge is 0.301 e. The lowest BCUT2D eigenvalue weighted by Crippen LogP contribution is -2.52. The van der Waals surface area contributed by atoms with Crippen molar-refractivity contribution in [1.82, 2.24) is 39.4 Å². The lowest BCUT2D eigenvalue weighted by molar-refractivity contribution is -0.139. The van der Waals surface area contributed by atoms with Gasteiger partial charge in [-0.3, -0.25) is 34.1 Å². The highest BCUT2D eigenvalue weighted by atomic mass is 32.2. The summed E-state index contributed by atoms with van der Waals surface area (Å²) in [6, 6.07) is 11.1. The van der Waals surface area contributed by atoms with E-state index in [0.29, 0.717) is 73.5 Å². The zero-order valence-corrected chi connectivity index (χ0v) is 35.5. The van der Waals surface area contributed by atoms with E-state index in [0.717, 1.165) is 42.4 Å². The van der Waals surface area contributed by atoms with Gasteiger partial charge in [0.2, 0.25) is 23.5 Å². The van der Waals surface area contributed by atoms with Crippen molar-refractivity contribution in [2.24, 2.45) is 0 Å². The SMILES string of the molecule is CCN(C)S(=O)(=O)Nc1ccc(F)c(C(=O)c2c[nH]c3ncc(-c4cnc(N5CCN(C(=O)CN6CCC(c7ccc(OC8CCC(=O)NC8=O)cc7)CC6)CC5)nc4)cc23)c1F. The van der Waals surface area contributed by atoms with Crippen LogP contribution in [0, 0.1) is 11.6 Å². The van der Waals surface area contributed by atoms with E-state index in [9.17, 15) is 27.6 Å². The molecule has 3 amide bonds. The maximum Gasteiger partial charge on any atom is 0.301 e. The number of aromatic nitrogens is 4. The summed E-state index contributed by atoms with van der Waals surface area (Å²) >= 11 is 0. The summed E-state index contributed by atoms with van der Waals surface area (Å²) in [7, 11) is -2.86. The third-order valence-corrected chi connectivity index (χ3v) is 13.4. The van der Waals surface area contributed by atoms with Crippen LogP contribution in [0.15, 0.2) is 67.3 Å². The highest BCUT2D eigenvalue weighted by Crippen LogP contribution is 2.32. The van der Waals surface area contributed by atoms with Crippen molar-refractivity contribution in [2.75, 3.05) is 69.0 Å². The van der Waals surface area contributed by atoms with Gasteiger partial charge in [-0.2, -0.15) is 12.7 Å². The molecule has 6 heterocycles. The molecule has 5 aromatic rings. The number of benzene rings is 2. The maximum absolute atomic E-state index is 15.6. The van der Waals surface area contributed by atoms with Gasteiger partial charge in [0.25, 0.3) is 5.91 Å². The third kappa shape index (κ3) is 9.37. The Balaban J connectivity index is 0.834. The third-order valence-electron chi connectivity index (χ3n) is 11.8. The Morgan fingerprint density at radius 1 is 0.921 bits per heavy atom. The fraction of sp³-hybridized carbons (Fsp3) is 0.372. The number of fused-ring (bicyclic) bond motifs is 1. The Kier molecular flexibility index (Phi) is 12.5. The average molecular weight is 885 g/mol. The normalized spacial score (nSPS) is 17.9. The Bertz CT molecular complexity index is 2650. The minimum absolute atomic E-state index is 0.0690. The molecule has 8 rings (SSSR count). The van der Waals surface area contributed by atoms with Gasteiger partial charge in [-0.15, -0.1) is 0 Å². The average Bonchev–Trinajstić information content (AvgIpc) is 3.72. The zero-order valence-electron chi connectivity index (χ0n) is 34.6. The molecule has 1 atom stereocenters. The van der Waals surface area contributed by atoms with Gasteiger partial charge in [-0.05, 0) is 67.7 Å². The van der Waals surface area contributed by atoms with Gasteiger partial charge in [-0.1, -0.05) is 19.1 Å². The van der Waals surface area contributed by atoms with Crippen LogP contribution >= 0.6 is 0 Å². The molecular weight excluding hydrogens is 839 g/mol. The number of carbonyl (C=O) groups is 4. The first-order chi connectivity index (χ1) is 30.3. The second kappa shape index (κ2) is 18.1. The topological polar surface area (TPSA) is 203 Å². The molecule has 0 spiro atoms. The van der Waals surface area contributed by atoms with Crippen LogP contribution in [0.4, 0.5) is 20.4 Å². The summed E-state index contributed by atoms with van der Waals surface area (Å²) in [5.41, 5.74) is 1.04. The van der Waals surface area contributed by atoms with Gasteiger partial charge in [0.15, 0.2) is 11.9 Å². The summed E-state index contributed by atoms with van der Waals surface area (Å²) in [6.07, 6.45) is 7.85. The lowest BCUT2D eigenvalue weighted by atomic mass is 9.89. The van der Waals surface area contributed by atoms with E-state index in [1.165, 1.54) is 18.8 Å². The number of pyridine rings is 1. The number of likely N-dealkylation sites (tertiary alicyclic amines) is 1. The summed E-state index contributed by atoms with van der Waals surface area (Å²) < 4.78 is 64.5. The number of hydrogen-bond acceptors (Lipinski definition) is 12. The standard InChI is InChI=1S/C43H46F2N10O7S/c1-3-52(2)63(60,61)51-34-9-8-33(44)38(39(34)45)40(58)32-24-47-41-31(32)20-28(21-46-41)29-22-48-43(49-23-29)55-18-16-54(17-19-55)37(57)25-53-14-12-27(13-15-53)26-4-6-30(7-5-26)62-35-10-11-36(56)50-42(35)59/h4-9,20-24,27,35,51H,3,10-19,25H2,1-2H3,(H,46,47)(H,50,56,59). The van der Waals surface area contributed by atoms with Crippen LogP contribution in [0.1, 0.15) is 60.0 Å². The maximum atomic E-state index is 15.6. The number of piperidine rings is 2. The number of H-pyrrole nitrogens is 1. The molecule has 3 N–H and O–H groups in total. The molecule has 3 saturated heterocycles. The molecule has 20 heteroatoms. The van der Waals surface area contributed by atoms with Crippen LogP contribution in [0.3, 0.4) is 0 Å². The van der Waals surface area contributed by atoms with Gasteiger partial charge < -0.3 is 19.5 Å². The number of ketones is 1. The molecule has 63 heavy (non-hydrogen) atoms.